The molecule has 1 aromatic heterocycles. The normalized spacial score (nSPS) is 17.5. The molecule has 0 bridgehead atoms. The lowest BCUT2D eigenvalue weighted by Crippen LogP contribution is -2.49. The van der Waals surface area contributed by atoms with Gasteiger partial charge in [0.05, 0.1) is 5.88 Å². The van der Waals surface area contributed by atoms with Gasteiger partial charge in [0.2, 0.25) is 5.91 Å². The number of nitrogens with one attached hydrogen (secondary N) is 1. The lowest BCUT2D eigenvalue weighted by atomic mass is 10.1. The van der Waals surface area contributed by atoms with Crippen LogP contribution in [0.25, 0.3) is 10.9 Å². The van der Waals surface area contributed by atoms with Gasteiger partial charge in [0, 0.05) is 34.2 Å². The van der Waals surface area contributed by atoms with Crippen LogP contribution in [0.3, 0.4) is 0 Å². The number of aromatic nitrogens is 1. The molecule has 1 N–H and O–H groups in total. The summed E-state index contributed by atoms with van der Waals surface area (Å²) in [4.78, 5) is 32.3. The van der Waals surface area contributed by atoms with Crippen LogP contribution in [-0.2, 0) is 4.79 Å². The van der Waals surface area contributed by atoms with Gasteiger partial charge in [-0.2, -0.15) is 0 Å². The maximum atomic E-state index is 13.0. The number of amides is 2. The number of aryl methyl sites for hydroxylation is 1. The zero-order chi connectivity index (χ0) is 18.3. The van der Waals surface area contributed by atoms with Crippen LogP contribution in [0.2, 0.25) is 0 Å². The van der Waals surface area contributed by atoms with Crippen molar-refractivity contribution in [2.45, 2.75) is 32.9 Å². The van der Waals surface area contributed by atoms with Crippen LogP contribution in [0, 0.1) is 6.92 Å². The van der Waals surface area contributed by atoms with E-state index in [1.165, 1.54) is 0 Å². The Morgan fingerprint density at radius 2 is 2.08 bits per heavy atom. The van der Waals surface area contributed by atoms with E-state index < -0.39 is 6.04 Å². The van der Waals surface area contributed by atoms with Crippen molar-refractivity contribution in [1.82, 2.24) is 14.8 Å². The molecule has 1 aliphatic rings. The van der Waals surface area contributed by atoms with Crippen LogP contribution in [0.1, 0.15) is 29.9 Å². The first-order valence-corrected chi connectivity index (χ1v) is 10.2. The third-order valence-corrected chi connectivity index (χ3v) is 6.16. The second-order valence-electron chi connectivity index (χ2n) is 6.70. The maximum absolute atomic E-state index is 13.0. The Labute approximate surface area is 160 Å². The first kappa shape index (κ1) is 18.3. The minimum Gasteiger partial charge on any atom is -0.350 e. The van der Waals surface area contributed by atoms with Crippen LogP contribution in [0.5, 0.6) is 0 Å². The Hall–Kier alpha value is -1.47. The summed E-state index contributed by atoms with van der Waals surface area (Å²) in [6.07, 6.45) is 0. The van der Waals surface area contributed by atoms with Gasteiger partial charge in [-0.15, -0.1) is 11.8 Å². The number of thioether (sulfide) groups is 1. The summed E-state index contributed by atoms with van der Waals surface area (Å²) in [7, 11) is 1.79. The fraction of sp³-hybridized carbons (Fsp3) is 0.444. The van der Waals surface area contributed by atoms with E-state index in [-0.39, 0.29) is 17.9 Å². The summed E-state index contributed by atoms with van der Waals surface area (Å²) in [5.41, 5.74) is 2.55. The number of benzene rings is 1. The number of likely N-dealkylation sites (N-methyl/N-ethyl adjacent to an activating group) is 1. The standard InChI is InChI=1S/C18H22BrN3O2S/c1-10(2)21(4)18(24)16-8-25-9-22(16)17(23)15-7-13-11(3)5-12(19)6-14(13)20-15/h5-7,10,16,20H,8-9H2,1-4H3. The molecule has 134 valence electrons. The van der Waals surface area contributed by atoms with E-state index in [4.69, 9.17) is 0 Å². The van der Waals surface area contributed by atoms with E-state index in [9.17, 15) is 9.59 Å². The van der Waals surface area contributed by atoms with E-state index >= 15 is 0 Å². The third kappa shape index (κ3) is 3.44. The molecular weight excluding hydrogens is 402 g/mol. The zero-order valence-electron chi connectivity index (χ0n) is 14.8. The molecule has 2 amide bonds. The summed E-state index contributed by atoms with van der Waals surface area (Å²) in [6.45, 7) is 5.97. The lowest BCUT2D eigenvalue weighted by Gasteiger charge is -2.29. The molecule has 3 rings (SSSR count). The molecule has 2 aromatic rings. The molecule has 5 nitrogen and oxygen atoms in total. The molecule has 1 unspecified atom stereocenters. The topological polar surface area (TPSA) is 56.4 Å². The minimum absolute atomic E-state index is 0.00314. The SMILES string of the molecule is Cc1cc(Br)cc2[nH]c(C(=O)N3CSCC3C(=O)N(C)C(C)C)cc12. The number of halogens is 1. The van der Waals surface area contributed by atoms with Gasteiger partial charge in [-0.3, -0.25) is 9.59 Å². The van der Waals surface area contributed by atoms with E-state index in [1.54, 1.807) is 28.6 Å². The molecule has 25 heavy (non-hydrogen) atoms. The van der Waals surface area contributed by atoms with E-state index in [0.29, 0.717) is 17.3 Å². The van der Waals surface area contributed by atoms with Gasteiger partial charge in [0.1, 0.15) is 11.7 Å². The maximum Gasteiger partial charge on any atom is 0.271 e. The number of carbonyl (C=O) groups is 2. The molecule has 1 fully saturated rings. The Kier molecular flexibility index (Phi) is 5.16. The molecule has 1 atom stereocenters. The van der Waals surface area contributed by atoms with Gasteiger partial charge in [-0.25, -0.2) is 0 Å². The van der Waals surface area contributed by atoms with Crippen molar-refractivity contribution in [1.29, 1.82) is 0 Å². The summed E-state index contributed by atoms with van der Waals surface area (Å²) in [5, 5.41) is 1.03. The van der Waals surface area contributed by atoms with Gasteiger partial charge in [0.15, 0.2) is 0 Å². The number of fused-ring (bicyclic) bond motifs is 1. The molecule has 0 aliphatic carbocycles. The largest absolute Gasteiger partial charge is 0.350 e. The first-order valence-electron chi connectivity index (χ1n) is 8.24. The molecule has 2 heterocycles. The van der Waals surface area contributed by atoms with Crippen LogP contribution >= 0.6 is 27.7 Å². The van der Waals surface area contributed by atoms with Crippen molar-refractivity contribution in [3.63, 3.8) is 0 Å². The second kappa shape index (κ2) is 7.03. The highest BCUT2D eigenvalue weighted by molar-refractivity contribution is 9.10. The van der Waals surface area contributed by atoms with Crippen LogP contribution in [0.15, 0.2) is 22.7 Å². The lowest BCUT2D eigenvalue weighted by molar-refractivity contribution is -0.135. The molecule has 1 aliphatic heterocycles. The zero-order valence-corrected chi connectivity index (χ0v) is 17.2. The smallest absolute Gasteiger partial charge is 0.271 e. The third-order valence-electron chi connectivity index (χ3n) is 4.69. The van der Waals surface area contributed by atoms with Gasteiger partial charge in [-0.1, -0.05) is 15.9 Å². The Bertz CT molecular complexity index is 833. The van der Waals surface area contributed by atoms with Crippen molar-refractivity contribution >= 4 is 50.4 Å². The molecule has 0 spiro atoms. The quantitative estimate of drug-likeness (QED) is 0.819. The van der Waals surface area contributed by atoms with E-state index in [2.05, 4.69) is 20.9 Å². The number of aromatic amines is 1. The number of H-pyrrole nitrogens is 1. The van der Waals surface area contributed by atoms with Crippen molar-refractivity contribution < 1.29 is 9.59 Å². The van der Waals surface area contributed by atoms with Gasteiger partial charge < -0.3 is 14.8 Å². The number of hydrogen-bond acceptors (Lipinski definition) is 3. The number of carbonyl (C=O) groups excluding carboxylic acids is 2. The van der Waals surface area contributed by atoms with Crippen LogP contribution < -0.4 is 0 Å². The van der Waals surface area contributed by atoms with Crippen molar-refractivity contribution in [2.75, 3.05) is 18.7 Å². The molecular formula is C18H22BrN3O2S. The van der Waals surface area contributed by atoms with Crippen LogP contribution in [-0.4, -0.2) is 57.4 Å². The fourth-order valence-corrected chi connectivity index (χ4v) is 4.70. The van der Waals surface area contributed by atoms with Crippen molar-refractivity contribution in [3.8, 4) is 0 Å². The number of hydrogen-bond donors (Lipinski definition) is 1. The fourth-order valence-electron chi connectivity index (χ4n) is 2.98. The average molecular weight is 424 g/mol. The Morgan fingerprint density at radius 3 is 2.76 bits per heavy atom. The number of nitrogens with zero attached hydrogens (tertiary/aromatic N) is 2. The first-order chi connectivity index (χ1) is 11.8. The predicted octanol–water partition coefficient (Wildman–Crippen LogP) is 3.62. The highest BCUT2D eigenvalue weighted by atomic mass is 79.9. The molecule has 1 aromatic carbocycles. The van der Waals surface area contributed by atoms with Gasteiger partial charge in [0.25, 0.3) is 5.91 Å². The van der Waals surface area contributed by atoms with Gasteiger partial charge >= 0.3 is 0 Å². The van der Waals surface area contributed by atoms with E-state index in [1.807, 2.05) is 39.0 Å². The summed E-state index contributed by atoms with van der Waals surface area (Å²) in [6, 6.07) is 5.59. The summed E-state index contributed by atoms with van der Waals surface area (Å²) >= 11 is 5.10. The monoisotopic (exact) mass is 423 g/mol. The molecule has 1 saturated heterocycles. The van der Waals surface area contributed by atoms with Crippen molar-refractivity contribution in [3.05, 3.63) is 33.9 Å². The predicted molar refractivity (Wildman–Crippen MR) is 106 cm³/mol. The second-order valence-corrected chi connectivity index (χ2v) is 8.62. The minimum atomic E-state index is -0.399. The summed E-state index contributed by atoms with van der Waals surface area (Å²) < 4.78 is 0.974. The van der Waals surface area contributed by atoms with Crippen LogP contribution in [0.4, 0.5) is 0 Å². The van der Waals surface area contributed by atoms with Gasteiger partial charge in [-0.05, 0) is 44.5 Å². The van der Waals surface area contributed by atoms with E-state index in [0.717, 1.165) is 20.9 Å². The summed E-state index contributed by atoms with van der Waals surface area (Å²) in [5.74, 6) is 1.07. The molecule has 0 saturated carbocycles. The van der Waals surface area contributed by atoms with Crippen molar-refractivity contribution in [2.24, 2.45) is 0 Å². The molecule has 7 heteroatoms. The Morgan fingerprint density at radius 1 is 1.36 bits per heavy atom. The highest BCUT2D eigenvalue weighted by Gasteiger charge is 2.37. The average Bonchev–Trinajstić information content (AvgIpc) is 3.19. The molecule has 0 radical (unpaired) electrons. The number of rotatable bonds is 3. The highest BCUT2D eigenvalue weighted by Crippen LogP contribution is 2.28. The Balaban J connectivity index is 1.89.